The number of aromatic nitrogens is 1. The first kappa shape index (κ1) is 13.8. The second-order valence-electron chi connectivity index (χ2n) is 4.78. The minimum atomic E-state index is -0.459. The first-order chi connectivity index (χ1) is 10.7. The van der Waals surface area contributed by atoms with Gasteiger partial charge in [0.15, 0.2) is 0 Å². The van der Waals surface area contributed by atoms with E-state index in [-0.39, 0.29) is 11.4 Å². The predicted molar refractivity (Wildman–Crippen MR) is 88.2 cm³/mol. The van der Waals surface area contributed by atoms with Crippen LogP contribution in [-0.2, 0) is 0 Å². The highest BCUT2D eigenvalue weighted by Crippen LogP contribution is 2.33. The van der Waals surface area contributed by atoms with E-state index >= 15 is 0 Å². The molecule has 108 valence electrons. The molecule has 5 nitrogen and oxygen atoms in total. The summed E-state index contributed by atoms with van der Waals surface area (Å²) in [5, 5.41) is 11.8. The number of rotatable bonds is 3. The van der Waals surface area contributed by atoms with E-state index in [0.717, 1.165) is 5.56 Å². The van der Waals surface area contributed by atoms with Crippen molar-refractivity contribution in [1.82, 2.24) is 4.98 Å². The molecule has 3 rings (SSSR count). The molecule has 3 aromatic rings. The van der Waals surface area contributed by atoms with Gasteiger partial charge in [0, 0.05) is 0 Å². The fourth-order valence-electron chi connectivity index (χ4n) is 2.29. The van der Waals surface area contributed by atoms with Gasteiger partial charge in [-0.15, -0.1) is 0 Å². The van der Waals surface area contributed by atoms with Crippen molar-refractivity contribution in [2.75, 3.05) is 5.73 Å². The summed E-state index contributed by atoms with van der Waals surface area (Å²) in [6.07, 6.45) is 3.53. The zero-order valence-electron chi connectivity index (χ0n) is 11.6. The first-order valence-corrected chi connectivity index (χ1v) is 6.72. The summed E-state index contributed by atoms with van der Waals surface area (Å²) in [5.74, 6) is 0. The molecule has 22 heavy (non-hydrogen) atoms. The molecule has 1 heterocycles. The highest BCUT2D eigenvalue weighted by atomic mass is 16.6. The van der Waals surface area contributed by atoms with Crippen LogP contribution in [0.15, 0.2) is 54.6 Å². The molecule has 0 atom stereocenters. The lowest BCUT2D eigenvalue weighted by Gasteiger charge is -2.05. The molecule has 0 bridgehead atoms. The molecule has 2 N–H and O–H groups in total. The Hall–Kier alpha value is -3.21. The SMILES string of the molecule is Nc1c(/C=C/c2ccccc2)nc2ccccc2c1[N+](=O)[O-]. The van der Waals surface area contributed by atoms with Crippen molar-refractivity contribution in [3.63, 3.8) is 0 Å². The third kappa shape index (κ3) is 2.52. The number of nitrogens with two attached hydrogens (primary N) is 1. The van der Waals surface area contributed by atoms with Gasteiger partial charge in [0.2, 0.25) is 0 Å². The fourth-order valence-corrected chi connectivity index (χ4v) is 2.29. The molecule has 0 radical (unpaired) electrons. The van der Waals surface area contributed by atoms with Crippen LogP contribution in [0.5, 0.6) is 0 Å². The van der Waals surface area contributed by atoms with Crippen LogP contribution in [0, 0.1) is 10.1 Å². The van der Waals surface area contributed by atoms with Crippen molar-refractivity contribution in [3.05, 3.63) is 76.0 Å². The molecule has 0 saturated carbocycles. The summed E-state index contributed by atoms with van der Waals surface area (Å²) in [6, 6.07) is 16.5. The maximum absolute atomic E-state index is 11.3. The van der Waals surface area contributed by atoms with Crippen molar-refractivity contribution >= 4 is 34.4 Å². The molecule has 0 unspecified atom stereocenters. The Morgan fingerprint density at radius 1 is 1.00 bits per heavy atom. The summed E-state index contributed by atoms with van der Waals surface area (Å²) < 4.78 is 0. The van der Waals surface area contributed by atoms with Crippen LogP contribution in [-0.4, -0.2) is 9.91 Å². The number of hydrogen-bond donors (Lipinski definition) is 1. The quantitative estimate of drug-likeness (QED) is 0.586. The Morgan fingerprint density at radius 2 is 1.68 bits per heavy atom. The van der Waals surface area contributed by atoms with Gasteiger partial charge < -0.3 is 5.73 Å². The Labute approximate surface area is 126 Å². The van der Waals surface area contributed by atoms with Gasteiger partial charge in [-0.3, -0.25) is 10.1 Å². The average molecular weight is 291 g/mol. The summed E-state index contributed by atoms with van der Waals surface area (Å²) in [6.45, 7) is 0. The minimum absolute atomic E-state index is 0.0795. The zero-order valence-corrected chi connectivity index (χ0v) is 11.6. The van der Waals surface area contributed by atoms with E-state index in [1.807, 2.05) is 36.4 Å². The Morgan fingerprint density at radius 3 is 2.41 bits per heavy atom. The average Bonchev–Trinajstić information content (AvgIpc) is 2.53. The number of fused-ring (bicyclic) bond motifs is 1. The number of benzene rings is 2. The standard InChI is InChI=1S/C17H13N3O2/c18-16-15(11-10-12-6-2-1-3-7-12)19-14-9-5-4-8-13(14)17(16)20(21)22/h1-11H,18H2/b11-10+. The molecule has 1 aromatic heterocycles. The highest BCUT2D eigenvalue weighted by Gasteiger charge is 2.20. The second kappa shape index (κ2) is 5.65. The van der Waals surface area contributed by atoms with Crippen LogP contribution in [0.25, 0.3) is 23.1 Å². The van der Waals surface area contributed by atoms with E-state index in [0.29, 0.717) is 16.6 Å². The van der Waals surface area contributed by atoms with Crippen molar-refractivity contribution in [1.29, 1.82) is 0 Å². The van der Waals surface area contributed by atoms with Gasteiger partial charge in [-0.2, -0.15) is 0 Å². The van der Waals surface area contributed by atoms with Crippen molar-refractivity contribution in [2.45, 2.75) is 0 Å². The van der Waals surface area contributed by atoms with E-state index in [9.17, 15) is 10.1 Å². The predicted octanol–water partition coefficient (Wildman–Crippen LogP) is 3.90. The number of hydrogen-bond acceptors (Lipinski definition) is 4. The fraction of sp³-hybridized carbons (Fsp3) is 0. The maximum Gasteiger partial charge on any atom is 0.303 e. The van der Waals surface area contributed by atoms with E-state index in [4.69, 9.17) is 5.73 Å². The van der Waals surface area contributed by atoms with Gasteiger partial charge in [-0.05, 0) is 23.8 Å². The number of nitro groups is 1. The molecule has 0 saturated heterocycles. The lowest BCUT2D eigenvalue weighted by molar-refractivity contribution is -0.382. The normalized spacial score (nSPS) is 11.1. The number of para-hydroxylation sites is 1. The van der Waals surface area contributed by atoms with Crippen molar-refractivity contribution in [2.24, 2.45) is 0 Å². The van der Waals surface area contributed by atoms with Crippen LogP contribution >= 0.6 is 0 Å². The third-order valence-corrected chi connectivity index (χ3v) is 3.35. The summed E-state index contributed by atoms with van der Waals surface area (Å²) in [4.78, 5) is 15.3. The number of anilines is 1. The molecule has 0 aliphatic heterocycles. The van der Waals surface area contributed by atoms with Gasteiger partial charge in [0.05, 0.1) is 21.5 Å². The van der Waals surface area contributed by atoms with E-state index in [1.54, 1.807) is 30.3 Å². The molecule has 0 aliphatic carbocycles. The topological polar surface area (TPSA) is 82.0 Å². The molecule has 5 heteroatoms. The van der Waals surface area contributed by atoms with Gasteiger partial charge in [0.1, 0.15) is 5.69 Å². The van der Waals surface area contributed by atoms with Crippen molar-refractivity contribution in [3.8, 4) is 0 Å². The van der Waals surface area contributed by atoms with Crippen LogP contribution < -0.4 is 5.73 Å². The van der Waals surface area contributed by atoms with Crippen LogP contribution in [0.1, 0.15) is 11.3 Å². The molecule has 2 aromatic carbocycles. The monoisotopic (exact) mass is 291 g/mol. The Balaban J connectivity index is 2.16. The molecular formula is C17H13N3O2. The maximum atomic E-state index is 11.3. The molecule has 0 spiro atoms. The molecule has 0 amide bonds. The van der Waals surface area contributed by atoms with Gasteiger partial charge in [0.25, 0.3) is 0 Å². The summed E-state index contributed by atoms with van der Waals surface area (Å²) in [5.41, 5.74) is 7.86. The lowest BCUT2D eigenvalue weighted by atomic mass is 10.1. The van der Waals surface area contributed by atoms with E-state index in [1.165, 1.54) is 0 Å². The van der Waals surface area contributed by atoms with Crippen molar-refractivity contribution < 1.29 is 4.92 Å². The van der Waals surface area contributed by atoms with Gasteiger partial charge >= 0.3 is 5.69 Å². The second-order valence-corrected chi connectivity index (χ2v) is 4.78. The first-order valence-electron chi connectivity index (χ1n) is 6.72. The molecule has 0 aliphatic rings. The smallest absolute Gasteiger partial charge is 0.303 e. The highest BCUT2D eigenvalue weighted by molar-refractivity contribution is 5.96. The number of nitrogens with zero attached hydrogens (tertiary/aromatic N) is 2. The minimum Gasteiger partial charge on any atom is -0.391 e. The summed E-state index contributed by atoms with van der Waals surface area (Å²) in [7, 11) is 0. The van der Waals surface area contributed by atoms with Crippen LogP contribution in [0.4, 0.5) is 11.4 Å². The Bertz CT molecular complexity index is 874. The lowest BCUT2D eigenvalue weighted by Crippen LogP contribution is -2.01. The summed E-state index contributed by atoms with van der Waals surface area (Å²) >= 11 is 0. The van der Waals surface area contributed by atoms with E-state index < -0.39 is 4.92 Å². The van der Waals surface area contributed by atoms with Gasteiger partial charge in [-0.25, -0.2) is 4.98 Å². The number of pyridine rings is 1. The Kier molecular flexibility index (Phi) is 3.53. The van der Waals surface area contributed by atoms with Crippen LogP contribution in [0.3, 0.4) is 0 Å². The zero-order chi connectivity index (χ0) is 15.5. The van der Waals surface area contributed by atoms with E-state index in [2.05, 4.69) is 4.98 Å². The van der Waals surface area contributed by atoms with Crippen LogP contribution in [0.2, 0.25) is 0 Å². The third-order valence-electron chi connectivity index (χ3n) is 3.35. The largest absolute Gasteiger partial charge is 0.391 e. The number of nitrogen functional groups attached to an aromatic ring is 1. The molecular weight excluding hydrogens is 278 g/mol. The van der Waals surface area contributed by atoms with Gasteiger partial charge in [-0.1, -0.05) is 48.5 Å². The molecule has 0 fully saturated rings.